The van der Waals surface area contributed by atoms with Gasteiger partial charge >= 0.3 is 0 Å². The standard InChI is InChI=1S/C18H26O2/c1-20-18(11-7-2-3-8-12-18)17(19)16-13-15(16)14-9-5-4-6-10-14/h4-6,9-10,15-17,19H,2-3,7-8,11-13H2,1H3. The maximum absolute atomic E-state index is 10.9. The molecule has 1 aromatic carbocycles. The molecule has 3 rings (SSSR count). The van der Waals surface area contributed by atoms with Crippen molar-refractivity contribution in [1.29, 1.82) is 0 Å². The topological polar surface area (TPSA) is 29.5 Å². The third kappa shape index (κ3) is 2.64. The molecule has 0 aliphatic heterocycles. The molecular weight excluding hydrogens is 248 g/mol. The average Bonchev–Trinajstić information content (AvgIpc) is 3.31. The molecule has 1 N–H and O–H groups in total. The molecule has 0 amide bonds. The van der Waals surface area contributed by atoms with Crippen LogP contribution in [0.1, 0.15) is 56.4 Å². The quantitative estimate of drug-likeness (QED) is 0.844. The van der Waals surface area contributed by atoms with E-state index in [2.05, 4.69) is 30.3 Å². The second kappa shape index (κ2) is 5.87. The fourth-order valence-corrected chi connectivity index (χ4v) is 3.98. The highest BCUT2D eigenvalue weighted by Crippen LogP contribution is 2.53. The molecule has 1 aromatic rings. The largest absolute Gasteiger partial charge is 0.390 e. The van der Waals surface area contributed by atoms with Gasteiger partial charge in [0.2, 0.25) is 0 Å². The lowest BCUT2D eigenvalue weighted by Gasteiger charge is -2.36. The zero-order chi connectivity index (χ0) is 14.0. The second-order valence-electron chi connectivity index (χ2n) is 6.54. The lowest BCUT2D eigenvalue weighted by Crippen LogP contribution is -2.45. The number of hydrogen-bond donors (Lipinski definition) is 1. The summed E-state index contributed by atoms with van der Waals surface area (Å²) < 4.78 is 5.86. The van der Waals surface area contributed by atoms with Crippen LogP contribution in [0.25, 0.3) is 0 Å². The normalized spacial score (nSPS) is 30.5. The maximum atomic E-state index is 10.9. The Bertz CT molecular complexity index is 420. The SMILES string of the molecule is COC1(C(O)C2CC2c2ccccc2)CCCCCC1. The van der Waals surface area contributed by atoms with Gasteiger partial charge in [-0.1, -0.05) is 56.0 Å². The molecule has 2 aliphatic carbocycles. The molecule has 2 aliphatic rings. The van der Waals surface area contributed by atoms with Gasteiger partial charge in [0.25, 0.3) is 0 Å². The molecule has 2 fully saturated rings. The third-order valence-electron chi connectivity index (χ3n) is 5.37. The first-order valence-corrected chi connectivity index (χ1v) is 8.05. The number of benzene rings is 1. The average molecular weight is 274 g/mol. The molecule has 0 aromatic heterocycles. The van der Waals surface area contributed by atoms with E-state index >= 15 is 0 Å². The first-order valence-electron chi connectivity index (χ1n) is 8.05. The first kappa shape index (κ1) is 14.1. The molecule has 2 heteroatoms. The van der Waals surface area contributed by atoms with Crippen LogP contribution < -0.4 is 0 Å². The fourth-order valence-electron chi connectivity index (χ4n) is 3.98. The summed E-state index contributed by atoms with van der Waals surface area (Å²) in [5, 5.41) is 10.9. The van der Waals surface area contributed by atoms with Crippen molar-refractivity contribution in [3.63, 3.8) is 0 Å². The molecule has 0 bridgehead atoms. The zero-order valence-corrected chi connectivity index (χ0v) is 12.4. The molecule has 0 radical (unpaired) electrons. The van der Waals surface area contributed by atoms with E-state index in [-0.39, 0.29) is 11.7 Å². The summed E-state index contributed by atoms with van der Waals surface area (Å²) in [6, 6.07) is 10.6. The van der Waals surface area contributed by atoms with Crippen LogP contribution in [0, 0.1) is 5.92 Å². The Balaban J connectivity index is 1.71. The van der Waals surface area contributed by atoms with Crippen LogP contribution in [0.3, 0.4) is 0 Å². The Morgan fingerprint density at radius 2 is 1.75 bits per heavy atom. The van der Waals surface area contributed by atoms with Gasteiger partial charge in [0.1, 0.15) is 0 Å². The van der Waals surface area contributed by atoms with Crippen molar-refractivity contribution in [2.75, 3.05) is 7.11 Å². The molecule has 0 heterocycles. The zero-order valence-electron chi connectivity index (χ0n) is 12.4. The highest BCUT2D eigenvalue weighted by molar-refractivity contribution is 5.27. The highest BCUT2D eigenvalue weighted by atomic mass is 16.5. The predicted molar refractivity (Wildman–Crippen MR) is 80.7 cm³/mol. The van der Waals surface area contributed by atoms with E-state index in [0.717, 1.165) is 19.3 Å². The molecule has 110 valence electrons. The Morgan fingerprint density at radius 1 is 1.10 bits per heavy atom. The molecule has 3 unspecified atom stereocenters. The summed E-state index contributed by atoms with van der Waals surface area (Å²) in [4.78, 5) is 0. The van der Waals surface area contributed by atoms with E-state index in [1.165, 1.54) is 31.2 Å². The summed E-state index contributed by atoms with van der Waals surface area (Å²) >= 11 is 0. The molecule has 0 saturated heterocycles. The van der Waals surface area contributed by atoms with Crippen LogP contribution in [-0.2, 0) is 4.74 Å². The summed E-state index contributed by atoms with van der Waals surface area (Å²) in [6.45, 7) is 0. The summed E-state index contributed by atoms with van der Waals surface area (Å²) in [5.41, 5.74) is 1.08. The van der Waals surface area contributed by atoms with Crippen LogP contribution in [0.4, 0.5) is 0 Å². The van der Waals surface area contributed by atoms with Crippen molar-refractivity contribution >= 4 is 0 Å². The molecule has 0 spiro atoms. The van der Waals surface area contributed by atoms with Gasteiger partial charge in [0, 0.05) is 7.11 Å². The van der Waals surface area contributed by atoms with Crippen LogP contribution in [-0.4, -0.2) is 23.9 Å². The minimum atomic E-state index is -0.309. The van der Waals surface area contributed by atoms with Crippen molar-refractivity contribution in [2.45, 2.75) is 62.6 Å². The van der Waals surface area contributed by atoms with Crippen molar-refractivity contribution < 1.29 is 9.84 Å². The van der Waals surface area contributed by atoms with E-state index in [1.54, 1.807) is 7.11 Å². The van der Waals surface area contributed by atoms with Gasteiger partial charge in [-0.05, 0) is 36.7 Å². The number of hydrogen-bond acceptors (Lipinski definition) is 2. The van der Waals surface area contributed by atoms with Gasteiger partial charge in [-0.2, -0.15) is 0 Å². The monoisotopic (exact) mass is 274 g/mol. The molecule has 3 atom stereocenters. The number of ether oxygens (including phenoxy) is 1. The van der Waals surface area contributed by atoms with Crippen LogP contribution >= 0.6 is 0 Å². The van der Waals surface area contributed by atoms with Crippen LogP contribution in [0.15, 0.2) is 30.3 Å². The summed E-state index contributed by atoms with van der Waals surface area (Å²) in [7, 11) is 1.79. The van der Waals surface area contributed by atoms with Crippen molar-refractivity contribution in [1.82, 2.24) is 0 Å². The van der Waals surface area contributed by atoms with Gasteiger partial charge in [-0.3, -0.25) is 0 Å². The maximum Gasteiger partial charge on any atom is 0.0939 e. The van der Waals surface area contributed by atoms with Gasteiger partial charge < -0.3 is 9.84 Å². The number of methoxy groups -OCH3 is 1. The number of rotatable bonds is 4. The minimum Gasteiger partial charge on any atom is -0.390 e. The molecule has 2 saturated carbocycles. The fraction of sp³-hybridized carbons (Fsp3) is 0.667. The second-order valence-corrected chi connectivity index (χ2v) is 6.54. The predicted octanol–water partition coefficient (Wildman–Crippen LogP) is 3.89. The van der Waals surface area contributed by atoms with Gasteiger partial charge in [-0.25, -0.2) is 0 Å². The third-order valence-corrected chi connectivity index (χ3v) is 5.37. The Labute approximate surface area is 122 Å². The van der Waals surface area contributed by atoms with E-state index < -0.39 is 0 Å². The molecular formula is C18H26O2. The van der Waals surface area contributed by atoms with E-state index in [1.807, 2.05) is 0 Å². The smallest absolute Gasteiger partial charge is 0.0939 e. The van der Waals surface area contributed by atoms with E-state index in [0.29, 0.717) is 11.8 Å². The molecule has 20 heavy (non-hydrogen) atoms. The summed E-state index contributed by atoms with van der Waals surface area (Å²) in [5.74, 6) is 0.914. The van der Waals surface area contributed by atoms with Crippen molar-refractivity contribution in [3.05, 3.63) is 35.9 Å². The first-order chi connectivity index (χ1) is 9.77. The van der Waals surface area contributed by atoms with Crippen molar-refractivity contribution in [3.8, 4) is 0 Å². The van der Waals surface area contributed by atoms with E-state index in [4.69, 9.17) is 4.74 Å². The lowest BCUT2D eigenvalue weighted by molar-refractivity contribution is -0.120. The Hall–Kier alpha value is -0.860. The number of aliphatic hydroxyl groups is 1. The van der Waals surface area contributed by atoms with Gasteiger partial charge in [0.05, 0.1) is 11.7 Å². The highest BCUT2D eigenvalue weighted by Gasteiger charge is 2.52. The van der Waals surface area contributed by atoms with Crippen molar-refractivity contribution in [2.24, 2.45) is 5.92 Å². The van der Waals surface area contributed by atoms with Crippen LogP contribution in [0.5, 0.6) is 0 Å². The van der Waals surface area contributed by atoms with Gasteiger partial charge in [0.15, 0.2) is 0 Å². The molecule has 2 nitrogen and oxygen atoms in total. The Morgan fingerprint density at radius 3 is 2.35 bits per heavy atom. The minimum absolute atomic E-state index is 0.287. The van der Waals surface area contributed by atoms with E-state index in [9.17, 15) is 5.11 Å². The number of aliphatic hydroxyl groups excluding tert-OH is 1. The Kier molecular flexibility index (Phi) is 4.13. The van der Waals surface area contributed by atoms with Crippen LogP contribution in [0.2, 0.25) is 0 Å². The van der Waals surface area contributed by atoms with Gasteiger partial charge in [-0.15, -0.1) is 0 Å². The summed E-state index contributed by atoms with van der Waals surface area (Å²) in [6.07, 6.45) is 7.77. The lowest BCUT2D eigenvalue weighted by atomic mass is 9.84.